The molecule has 0 aliphatic heterocycles. The number of nitrogens with one attached hydrogen (secondary N) is 1. The van der Waals surface area contributed by atoms with Crippen molar-refractivity contribution in [3.63, 3.8) is 0 Å². The minimum absolute atomic E-state index is 0.221. The van der Waals surface area contributed by atoms with Gasteiger partial charge in [0.1, 0.15) is 5.82 Å². The van der Waals surface area contributed by atoms with E-state index in [9.17, 15) is 9.18 Å². The Balaban J connectivity index is 2.77. The molecule has 1 rings (SSSR count). The molecule has 106 valence electrons. The van der Waals surface area contributed by atoms with E-state index < -0.39 is 6.04 Å². The van der Waals surface area contributed by atoms with Gasteiger partial charge < -0.3 is 11.1 Å². The summed E-state index contributed by atoms with van der Waals surface area (Å²) in [5.41, 5.74) is 6.91. The van der Waals surface area contributed by atoms with Crippen LogP contribution in [0.3, 0.4) is 0 Å². The maximum atomic E-state index is 13.5. The minimum atomic E-state index is -0.592. The SMILES string of the molecule is Cc1ccc(C(C)NC(=O)[C@H](N)C(C)(C)C)cc1F. The van der Waals surface area contributed by atoms with Crippen LogP contribution in [0.5, 0.6) is 0 Å². The lowest BCUT2D eigenvalue weighted by molar-refractivity contribution is -0.125. The zero-order chi connectivity index (χ0) is 14.8. The van der Waals surface area contributed by atoms with Gasteiger partial charge in [0.15, 0.2) is 0 Å². The molecule has 1 amide bonds. The standard InChI is InChI=1S/C15H23FN2O/c1-9-6-7-11(8-12(9)16)10(2)18-14(19)13(17)15(3,4)5/h6-8,10,13H,17H2,1-5H3,(H,18,19)/t10?,13-/m0/s1. The van der Waals surface area contributed by atoms with Gasteiger partial charge in [0.2, 0.25) is 5.91 Å². The summed E-state index contributed by atoms with van der Waals surface area (Å²) < 4.78 is 13.5. The largest absolute Gasteiger partial charge is 0.348 e. The van der Waals surface area contributed by atoms with Crippen molar-refractivity contribution in [2.24, 2.45) is 11.1 Å². The molecular formula is C15H23FN2O. The fourth-order valence-electron chi connectivity index (χ4n) is 1.66. The molecule has 2 atom stereocenters. The molecule has 0 saturated heterocycles. The average Bonchev–Trinajstić information content (AvgIpc) is 2.30. The average molecular weight is 266 g/mol. The second-order valence-corrected chi connectivity index (χ2v) is 6.08. The lowest BCUT2D eigenvalue weighted by Crippen LogP contribution is -2.49. The van der Waals surface area contributed by atoms with Gasteiger partial charge in [-0.1, -0.05) is 32.9 Å². The number of aryl methyl sites for hydroxylation is 1. The van der Waals surface area contributed by atoms with Crippen molar-refractivity contribution >= 4 is 5.91 Å². The summed E-state index contributed by atoms with van der Waals surface area (Å²) >= 11 is 0. The van der Waals surface area contributed by atoms with Crippen LogP contribution >= 0.6 is 0 Å². The van der Waals surface area contributed by atoms with Crippen LogP contribution in [-0.2, 0) is 4.79 Å². The molecule has 0 aliphatic carbocycles. The molecule has 0 fully saturated rings. The summed E-state index contributed by atoms with van der Waals surface area (Å²) in [5.74, 6) is -0.486. The summed E-state index contributed by atoms with van der Waals surface area (Å²) in [7, 11) is 0. The predicted molar refractivity (Wildman–Crippen MR) is 75.1 cm³/mol. The molecule has 1 aromatic rings. The monoisotopic (exact) mass is 266 g/mol. The van der Waals surface area contributed by atoms with Crippen LogP contribution in [0.25, 0.3) is 0 Å². The van der Waals surface area contributed by atoms with Crippen molar-refractivity contribution in [1.29, 1.82) is 0 Å². The van der Waals surface area contributed by atoms with Crippen molar-refractivity contribution in [1.82, 2.24) is 5.32 Å². The second kappa shape index (κ2) is 5.70. The van der Waals surface area contributed by atoms with Gasteiger partial charge in [-0.3, -0.25) is 4.79 Å². The Kier molecular flexibility index (Phi) is 4.69. The van der Waals surface area contributed by atoms with Gasteiger partial charge >= 0.3 is 0 Å². The number of benzene rings is 1. The third kappa shape index (κ3) is 4.03. The Morgan fingerprint density at radius 3 is 2.42 bits per heavy atom. The number of rotatable bonds is 3. The normalized spacial score (nSPS) is 14.9. The predicted octanol–water partition coefficient (Wildman–Crippen LogP) is 2.68. The number of carbonyl (C=O) groups is 1. The van der Waals surface area contributed by atoms with Crippen molar-refractivity contribution in [3.05, 3.63) is 35.1 Å². The van der Waals surface area contributed by atoms with Crippen molar-refractivity contribution in [2.45, 2.75) is 46.7 Å². The molecule has 0 radical (unpaired) electrons. The smallest absolute Gasteiger partial charge is 0.237 e. The molecule has 1 aromatic carbocycles. The topological polar surface area (TPSA) is 55.1 Å². The highest BCUT2D eigenvalue weighted by molar-refractivity contribution is 5.82. The van der Waals surface area contributed by atoms with E-state index in [1.165, 1.54) is 6.07 Å². The van der Waals surface area contributed by atoms with Gasteiger partial charge in [0.05, 0.1) is 12.1 Å². The maximum absolute atomic E-state index is 13.5. The molecule has 0 bridgehead atoms. The first-order chi connectivity index (χ1) is 8.62. The van der Waals surface area contributed by atoms with E-state index in [0.29, 0.717) is 5.56 Å². The van der Waals surface area contributed by atoms with Gasteiger partial charge in [-0.15, -0.1) is 0 Å². The highest BCUT2D eigenvalue weighted by Gasteiger charge is 2.28. The van der Waals surface area contributed by atoms with E-state index >= 15 is 0 Å². The highest BCUT2D eigenvalue weighted by Crippen LogP contribution is 2.20. The van der Waals surface area contributed by atoms with Crippen molar-refractivity contribution in [3.8, 4) is 0 Å². The first-order valence-corrected chi connectivity index (χ1v) is 6.45. The van der Waals surface area contributed by atoms with Gasteiger partial charge in [0.25, 0.3) is 0 Å². The molecule has 1 unspecified atom stereocenters. The van der Waals surface area contributed by atoms with E-state index in [1.807, 2.05) is 33.8 Å². The zero-order valence-corrected chi connectivity index (χ0v) is 12.3. The lowest BCUT2D eigenvalue weighted by Gasteiger charge is -2.27. The Hall–Kier alpha value is -1.42. The molecule has 19 heavy (non-hydrogen) atoms. The zero-order valence-electron chi connectivity index (χ0n) is 12.3. The van der Waals surface area contributed by atoms with Crippen LogP contribution in [0.15, 0.2) is 18.2 Å². The fraction of sp³-hybridized carbons (Fsp3) is 0.533. The summed E-state index contributed by atoms with van der Waals surface area (Å²) in [4.78, 5) is 12.0. The molecule has 0 aliphatic rings. The summed E-state index contributed by atoms with van der Waals surface area (Å²) in [6.45, 7) is 9.25. The number of amides is 1. The molecule has 4 heteroatoms. The van der Waals surface area contributed by atoms with E-state index in [2.05, 4.69) is 5.32 Å². The summed E-state index contributed by atoms with van der Waals surface area (Å²) in [6, 6.07) is 4.10. The number of halogens is 1. The molecule has 0 spiro atoms. The van der Waals surface area contributed by atoms with Crippen LogP contribution in [0, 0.1) is 18.2 Å². The van der Waals surface area contributed by atoms with Gasteiger partial charge in [0, 0.05) is 0 Å². The van der Waals surface area contributed by atoms with E-state index in [-0.39, 0.29) is 23.2 Å². The Bertz CT molecular complexity index is 466. The second-order valence-electron chi connectivity index (χ2n) is 6.08. The third-order valence-electron chi connectivity index (χ3n) is 3.27. The number of carbonyl (C=O) groups excluding carboxylic acids is 1. The fourth-order valence-corrected chi connectivity index (χ4v) is 1.66. The quantitative estimate of drug-likeness (QED) is 0.883. The first-order valence-electron chi connectivity index (χ1n) is 6.45. The Morgan fingerprint density at radius 2 is 1.95 bits per heavy atom. The van der Waals surface area contributed by atoms with E-state index in [1.54, 1.807) is 13.0 Å². The summed E-state index contributed by atoms with van der Waals surface area (Å²) in [6.07, 6.45) is 0. The van der Waals surface area contributed by atoms with Crippen molar-refractivity contribution < 1.29 is 9.18 Å². The molecule has 0 heterocycles. The minimum Gasteiger partial charge on any atom is -0.348 e. The highest BCUT2D eigenvalue weighted by atomic mass is 19.1. The van der Waals surface area contributed by atoms with E-state index in [4.69, 9.17) is 5.73 Å². The molecular weight excluding hydrogens is 243 g/mol. The molecule has 3 nitrogen and oxygen atoms in total. The number of hydrogen-bond donors (Lipinski definition) is 2. The Labute approximate surface area is 114 Å². The third-order valence-corrected chi connectivity index (χ3v) is 3.27. The first kappa shape index (κ1) is 15.6. The number of hydrogen-bond acceptors (Lipinski definition) is 2. The van der Waals surface area contributed by atoms with Crippen LogP contribution < -0.4 is 11.1 Å². The Morgan fingerprint density at radius 1 is 1.37 bits per heavy atom. The molecule has 0 aromatic heterocycles. The van der Waals surface area contributed by atoms with Gasteiger partial charge in [-0.05, 0) is 36.5 Å². The molecule has 0 saturated carbocycles. The van der Waals surface area contributed by atoms with Crippen LogP contribution in [0.2, 0.25) is 0 Å². The molecule has 3 N–H and O–H groups in total. The van der Waals surface area contributed by atoms with Gasteiger partial charge in [-0.2, -0.15) is 0 Å². The maximum Gasteiger partial charge on any atom is 0.237 e. The van der Waals surface area contributed by atoms with Crippen LogP contribution in [0.4, 0.5) is 4.39 Å². The number of nitrogens with two attached hydrogens (primary N) is 1. The van der Waals surface area contributed by atoms with Gasteiger partial charge in [-0.25, -0.2) is 4.39 Å². The van der Waals surface area contributed by atoms with E-state index in [0.717, 1.165) is 5.56 Å². The lowest BCUT2D eigenvalue weighted by atomic mass is 9.86. The van der Waals surface area contributed by atoms with Crippen LogP contribution in [0.1, 0.15) is 44.9 Å². The van der Waals surface area contributed by atoms with Crippen molar-refractivity contribution in [2.75, 3.05) is 0 Å². The summed E-state index contributed by atoms with van der Waals surface area (Å²) in [5, 5.41) is 2.82. The van der Waals surface area contributed by atoms with Crippen LogP contribution in [-0.4, -0.2) is 11.9 Å².